The first-order valence-electron chi connectivity index (χ1n) is 8.94. The molecule has 2 amide bonds. The summed E-state index contributed by atoms with van der Waals surface area (Å²) in [5.41, 5.74) is 5.86. The van der Waals surface area contributed by atoms with Gasteiger partial charge < -0.3 is 4.74 Å². The van der Waals surface area contributed by atoms with E-state index in [1.165, 1.54) is 17.1 Å². The van der Waals surface area contributed by atoms with Gasteiger partial charge >= 0.3 is 5.97 Å². The smallest absolute Gasteiger partial charge is 0.354 e. The second kappa shape index (κ2) is 9.20. The van der Waals surface area contributed by atoms with Crippen LogP contribution < -0.4 is 15.9 Å². The molecule has 8 nitrogen and oxygen atoms in total. The summed E-state index contributed by atoms with van der Waals surface area (Å²) in [6.45, 7) is 1.90. The number of hydrogen-bond acceptors (Lipinski definition) is 6. The van der Waals surface area contributed by atoms with Crippen molar-refractivity contribution in [3.63, 3.8) is 0 Å². The molecule has 2 aromatic carbocycles. The molecule has 0 aromatic heterocycles. The summed E-state index contributed by atoms with van der Waals surface area (Å²) in [7, 11) is 0. The molecule has 2 N–H and O–H groups in total. The van der Waals surface area contributed by atoms with Crippen LogP contribution in [0.5, 0.6) is 0 Å². The van der Waals surface area contributed by atoms with Crippen LogP contribution in [0.3, 0.4) is 0 Å². The number of benzene rings is 2. The van der Waals surface area contributed by atoms with Gasteiger partial charge in [-0.1, -0.05) is 29.8 Å². The summed E-state index contributed by atoms with van der Waals surface area (Å²) >= 11 is 5.81. The highest BCUT2D eigenvalue weighted by Crippen LogP contribution is 2.25. The molecular weight excluding hydrogens is 396 g/mol. The van der Waals surface area contributed by atoms with Gasteiger partial charge in [-0.2, -0.15) is 5.10 Å². The van der Waals surface area contributed by atoms with Crippen LogP contribution >= 0.6 is 11.6 Å². The lowest BCUT2D eigenvalue weighted by molar-refractivity contribution is -0.135. The number of amides is 2. The molecule has 0 fully saturated rings. The Hall–Kier alpha value is -3.39. The van der Waals surface area contributed by atoms with Crippen LogP contribution in [-0.2, 0) is 14.3 Å². The Bertz CT molecular complexity index is 931. The van der Waals surface area contributed by atoms with Gasteiger partial charge in [0, 0.05) is 17.0 Å². The molecule has 150 valence electrons. The van der Waals surface area contributed by atoms with Crippen LogP contribution in [0.15, 0.2) is 59.7 Å². The normalized spacial score (nSPS) is 15.4. The van der Waals surface area contributed by atoms with Gasteiger partial charge in [-0.25, -0.2) is 4.79 Å². The molecule has 1 aliphatic heterocycles. The second-order valence-electron chi connectivity index (χ2n) is 6.12. The van der Waals surface area contributed by atoms with Crippen LogP contribution in [0.25, 0.3) is 0 Å². The lowest BCUT2D eigenvalue weighted by Crippen LogP contribution is -2.50. The number of anilines is 1. The predicted octanol–water partition coefficient (Wildman–Crippen LogP) is 2.30. The average Bonchev–Trinajstić information content (AvgIpc) is 3.19. The Kier molecular flexibility index (Phi) is 6.46. The Morgan fingerprint density at radius 2 is 1.79 bits per heavy atom. The van der Waals surface area contributed by atoms with Gasteiger partial charge in [-0.05, 0) is 43.3 Å². The van der Waals surface area contributed by atoms with E-state index in [1.54, 1.807) is 43.3 Å². The molecule has 1 atom stereocenters. The van der Waals surface area contributed by atoms with Gasteiger partial charge in [0.2, 0.25) is 0 Å². The van der Waals surface area contributed by atoms with E-state index in [4.69, 9.17) is 16.3 Å². The molecule has 0 bridgehead atoms. The van der Waals surface area contributed by atoms with Crippen molar-refractivity contribution in [2.45, 2.75) is 19.4 Å². The first-order valence-corrected chi connectivity index (χ1v) is 9.32. The van der Waals surface area contributed by atoms with E-state index < -0.39 is 23.8 Å². The molecule has 0 aliphatic carbocycles. The molecule has 9 heteroatoms. The monoisotopic (exact) mass is 414 g/mol. The first kappa shape index (κ1) is 20.3. The lowest BCUT2D eigenvalue weighted by Gasteiger charge is -2.22. The number of hydrazone groups is 1. The van der Waals surface area contributed by atoms with E-state index in [9.17, 15) is 14.4 Å². The molecule has 0 radical (unpaired) electrons. The van der Waals surface area contributed by atoms with Crippen molar-refractivity contribution < 1.29 is 19.1 Å². The minimum atomic E-state index is -0.817. The zero-order valence-electron chi connectivity index (χ0n) is 15.6. The van der Waals surface area contributed by atoms with E-state index in [2.05, 4.69) is 16.0 Å². The Morgan fingerprint density at radius 1 is 1.10 bits per heavy atom. The standard InChI is InChI=1S/C20H19ClN4O4/c1-2-29-20(28)16-12-17(25(24-16)15-6-4-3-5-7-15)19(27)23-22-18(26)13-8-10-14(21)11-9-13/h3-11,17H,2,12H2,1H3,(H,22,26)(H,23,27). The number of hydrogen-bond donors (Lipinski definition) is 2. The fourth-order valence-corrected chi connectivity index (χ4v) is 2.87. The highest BCUT2D eigenvalue weighted by molar-refractivity contribution is 6.38. The van der Waals surface area contributed by atoms with Gasteiger partial charge in [0.25, 0.3) is 11.8 Å². The Balaban J connectivity index is 1.71. The number of nitrogens with one attached hydrogen (secondary N) is 2. The van der Waals surface area contributed by atoms with Crippen molar-refractivity contribution >= 4 is 40.8 Å². The maximum Gasteiger partial charge on any atom is 0.354 e. The zero-order chi connectivity index (χ0) is 20.8. The number of carbonyl (C=O) groups excluding carboxylic acids is 3. The molecule has 3 rings (SSSR count). The number of esters is 1. The number of nitrogens with zero attached hydrogens (tertiary/aromatic N) is 2. The fourth-order valence-electron chi connectivity index (χ4n) is 2.75. The number of rotatable bonds is 5. The first-order chi connectivity index (χ1) is 14.0. The van der Waals surface area contributed by atoms with Crippen LogP contribution in [-0.4, -0.2) is 36.1 Å². The average molecular weight is 415 g/mol. The molecule has 1 aliphatic rings. The third kappa shape index (κ3) is 4.91. The summed E-state index contributed by atoms with van der Waals surface area (Å²) in [6, 6.07) is 14.4. The Morgan fingerprint density at radius 3 is 2.45 bits per heavy atom. The van der Waals surface area contributed by atoms with Crippen molar-refractivity contribution in [1.82, 2.24) is 10.9 Å². The maximum absolute atomic E-state index is 12.7. The quantitative estimate of drug-likeness (QED) is 0.577. The van der Waals surface area contributed by atoms with Crippen molar-refractivity contribution in [2.75, 3.05) is 11.6 Å². The van der Waals surface area contributed by atoms with Crippen molar-refractivity contribution in [2.24, 2.45) is 5.10 Å². The van der Waals surface area contributed by atoms with Crippen LogP contribution in [0, 0.1) is 0 Å². The van der Waals surface area contributed by atoms with Gasteiger partial charge in [-0.15, -0.1) is 0 Å². The van der Waals surface area contributed by atoms with Gasteiger partial charge in [-0.3, -0.25) is 25.4 Å². The van der Waals surface area contributed by atoms with Crippen LogP contribution in [0.2, 0.25) is 5.02 Å². The summed E-state index contributed by atoms with van der Waals surface area (Å²) < 4.78 is 5.00. The molecule has 1 unspecified atom stereocenters. The maximum atomic E-state index is 12.7. The van der Waals surface area contributed by atoms with E-state index in [1.807, 2.05) is 6.07 Å². The van der Waals surface area contributed by atoms with E-state index in [0.29, 0.717) is 16.3 Å². The minimum Gasteiger partial charge on any atom is -0.461 e. The minimum absolute atomic E-state index is 0.0520. The number of halogens is 1. The zero-order valence-corrected chi connectivity index (χ0v) is 16.3. The van der Waals surface area contributed by atoms with Crippen LogP contribution in [0.1, 0.15) is 23.7 Å². The lowest BCUT2D eigenvalue weighted by atomic mass is 10.1. The summed E-state index contributed by atoms with van der Waals surface area (Å²) in [5.74, 6) is -1.58. The summed E-state index contributed by atoms with van der Waals surface area (Å²) in [6.07, 6.45) is 0.0520. The third-order valence-electron chi connectivity index (χ3n) is 4.15. The highest BCUT2D eigenvalue weighted by atomic mass is 35.5. The SMILES string of the molecule is CCOC(=O)C1=NN(c2ccccc2)C(C(=O)NNC(=O)c2ccc(Cl)cc2)C1. The molecule has 1 heterocycles. The summed E-state index contributed by atoms with van der Waals surface area (Å²) in [4.78, 5) is 37.0. The van der Waals surface area contributed by atoms with Crippen molar-refractivity contribution in [3.05, 3.63) is 65.2 Å². The number of hydrazine groups is 1. The molecular formula is C20H19ClN4O4. The molecule has 0 saturated carbocycles. The van der Waals surface area contributed by atoms with E-state index in [0.717, 1.165) is 0 Å². The third-order valence-corrected chi connectivity index (χ3v) is 4.40. The van der Waals surface area contributed by atoms with E-state index >= 15 is 0 Å². The van der Waals surface area contributed by atoms with Gasteiger partial charge in [0.05, 0.1) is 12.3 Å². The predicted molar refractivity (Wildman–Crippen MR) is 108 cm³/mol. The molecule has 0 spiro atoms. The van der Waals surface area contributed by atoms with Gasteiger partial charge in [0.15, 0.2) is 0 Å². The fraction of sp³-hybridized carbons (Fsp3) is 0.200. The van der Waals surface area contributed by atoms with Crippen molar-refractivity contribution in [3.8, 4) is 0 Å². The van der Waals surface area contributed by atoms with E-state index in [-0.39, 0.29) is 18.7 Å². The van der Waals surface area contributed by atoms with Gasteiger partial charge in [0.1, 0.15) is 11.8 Å². The van der Waals surface area contributed by atoms with Crippen molar-refractivity contribution in [1.29, 1.82) is 0 Å². The molecule has 0 saturated heterocycles. The topological polar surface area (TPSA) is 100 Å². The molecule has 2 aromatic rings. The van der Waals surface area contributed by atoms with Crippen LogP contribution in [0.4, 0.5) is 5.69 Å². The number of ether oxygens (including phenoxy) is 1. The highest BCUT2D eigenvalue weighted by Gasteiger charge is 2.37. The largest absolute Gasteiger partial charge is 0.461 e. The summed E-state index contributed by atoms with van der Waals surface area (Å²) in [5, 5.41) is 6.20. The second-order valence-corrected chi connectivity index (χ2v) is 6.55. The Labute approximate surface area is 172 Å². The number of para-hydroxylation sites is 1. The number of carbonyl (C=O) groups is 3. The molecule has 29 heavy (non-hydrogen) atoms.